The molecule has 0 aliphatic rings. The Labute approximate surface area is 161 Å². The first kappa shape index (κ1) is 20.3. The third kappa shape index (κ3) is 6.63. The van der Waals surface area contributed by atoms with Crippen LogP contribution in [0.15, 0.2) is 48.5 Å². The highest BCUT2D eigenvalue weighted by Gasteiger charge is 2.18. The summed E-state index contributed by atoms with van der Waals surface area (Å²) in [6.07, 6.45) is -1.01. The van der Waals surface area contributed by atoms with Crippen LogP contribution in [0.1, 0.15) is 13.8 Å². The number of anilines is 2. The van der Waals surface area contributed by atoms with Crippen molar-refractivity contribution in [3.63, 3.8) is 0 Å². The molecule has 0 aliphatic carbocycles. The molecule has 0 heterocycles. The Kier molecular flexibility index (Phi) is 7.19. The normalized spacial score (nSPS) is 11.2. The van der Waals surface area contributed by atoms with E-state index in [-0.39, 0.29) is 12.5 Å². The van der Waals surface area contributed by atoms with Crippen LogP contribution in [0.3, 0.4) is 0 Å². The molecule has 2 N–H and O–H groups in total. The number of nitrogens with one attached hydrogen (secondary N) is 2. The van der Waals surface area contributed by atoms with Gasteiger partial charge in [0.15, 0.2) is 12.7 Å². The maximum Gasteiger partial charge on any atom is 0.344 e. The number of hydrogen-bond acceptors (Lipinski definition) is 5. The number of para-hydroxylation sites is 1. The van der Waals surface area contributed by atoms with Crippen LogP contribution in [0.25, 0.3) is 0 Å². The van der Waals surface area contributed by atoms with Crippen molar-refractivity contribution >= 4 is 40.8 Å². The van der Waals surface area contributed by atoms with Gasteiger partial charge in [-0.25, -0.2) is 4.79 Å². The van der Waals surface area contributed by atoms with Crippen molar-refractivity contribution in [1.82, 2.24) is 0 Å². The summed E-state index contributed by atoms with van der Waals surface area (Å²) in [5.74, 6) is -1.02. The molecule has 7 nitrogen and oxygen atoms in total. The fraction of sp³-hybridized carbons (Fsp3) is 0.211. The summed E-state index contributed by atoms with van der Waals surface area (Å²) in [4.78, 5) is 34.9. The lowest BCUT2D eigenvalue weighted by Crippen LogP contribution is -2.31. The molecular weight excluding hydrogens is 372 g/mol. The number of benzene rings is 2. The van der Waals surface area contributed by atoms with Crippen molar-refractivity contribution in [2.45, 2.75) is 20.0 Å². The highest BCUT2D eigenvalue weighted by atomic mass is 35.5. The van der Waals surface area contributed by atoms with E-state index >= 15 is 0 Å². The van der Waals surface area contributed by atoms with Gasteiger partial charge in [-0.1, -0.05) is 23.7 Å². The average molecular weight is 391 g/mol. The molecule has 0 unspecified atom stereocenters. The zero-order valence-electron chi connectivity index (χ0n) is 14.8. The Morgan fingerprint density at radius 2 is 1.59 bits per heavy atom. The molecule has 0 radical (unpaired) electrons. The standard InChI is InChI=1S/C19H19ClN2O5/c1-12(27-18(24)11-26-17-6-4-3-5-16(17)20)19(25)22-15-9-7-14(8-10-15)21-13(2)23/h3-10,12H,11H2,1-2H3,(H,21,23)(H,22,25)/t12-/m1/s1. The molecular formula is C19H19ClN2O5. The van der Waals surface area contributed by atoms with Gasteiger partial charge in [-0.3, -0.25) is 9.59 Å². The van der Waals surface area contributed by atoms with E-state index in [0.29, 0.717) is 22.1 Å². The van der Waals surface area contributed by atoms with E-state index in [1.807, 2.05) is 0 Å². The molecule has 0 saturated carbocycles. The Morgan fingerprint density at radius 3 is 2.19 bits per heavy atom. The fourth-order valence-corrected chi connectivity index (χ4v) is 2.26. The quantitative estimate of drug-likeness (QED) is 0.708. The van der Waals surface area contributed by atoms with Gasteiger partial charge >= 0.3 is 5.97 Å². The Hall–Kier alpha value is -3.06. The van der Waals surface area contributed by atoms with Crippen molar-refractivity contribution in [2.24, 2.45) is 0 Å². The minimum atomic E-state index is -1.01. The van der Waals surface area contributed by atoms with Crippen LogP contribution in [-0.2, 0) is 19.1 Å². The van der Waals surface area contributed by atoms with Crippen LogP contribution in [0, 0.1) is 0 Å². The van der Waals surface area contributed by atoms with E-state index in [1.54, 1.807) is 48.5 Å². The predicted octanol–water partition coefficient (Wildman–Crippen LogP) is 3.25. The van der Waals surface area contributed by atoms with Crippen LogP contribution in [0.5, 0.6) is 5.75 Å². The summed E-state index contributed by atoms with van der Waals surface area (Å²) in [6.45, 7) is 2.49. The molecule has 2 aromatic carbocycles. The summed E-state index contributed by atoms with van der Waals surface area (Å²) >= 11 is 5.93. The topological polar surface area (TPSA) is 93.7 Å². The molecule has 0 aromatic heterocycles. The number of ether oxygens (including phenoxy) is 2. The molecule has 2 aromatic rings. The third-order valence-corrected chi connectivity index (χ3v) is 3.64. The van der Waals surface area contributed by atoms with E-state index in [0.717, 1.165) is 0 Å². The minimum Gasteiger partial charge on any atom is -0.480 e. The molecule has 142 valence electrons. The third-order valence-electron chi connectivity index (χ3n) is 3.33. The number of halogens is 1. The highest BCUT2D eigenvalue weighted by Crippen LogP contribution is 2.23. The van der Waals surface area contributed by atoms with Gasteiger partial charge in [0, 0.05) is 18.3 Å². The SMILES string of the molecule is CC(=O)Nc1ccc(NC(=O)[C@@H](C)OC(=O)COc2ccccc2Cl)cc1. The molecule has 0 saturated heterocycles. The second-order valence-electron chi connectivity index (χ2n) is 5.60. The van der Waals surface area contributed by atoms with Crippen molar-refractivity contribution in [1.29, 1.82) is 0 Å². The second-order valence-corrected chi connectivity index (χ2v) is 6.01. The molecule has 8 heteroatoms. The first-order valence-electron chi connectivity index (χ1n) is 8.10. The summed E-state index contributed by atoms with van der Waals surface area (Å²) in [5, 5.41) is 5.61. The number of esters is 1. The Morgan fingerprint density at radius 1 is 1.00 bits per heavy atom. The lowest BCUT2D eigenvalue weighted by atomic mass is 10.2. The van der Waals surface area contributed by atoms with Crippen molar-refractivity contribution in [3.8, 4) is 5.75 Å². The van der Waals surface area contributed by atoms with Crippen molar-refractivity contribution in [2.75, 3.05) is 17.2 Å². The fourth-order valence-electron chi connectivity index (χ4n) is 2.07. The largest absolute Gasteiger partial charge is 0.480 e. The second kappa shape index (κ2) is 9.59. The zero-order chi connectivity index (χ0) is 19.8. The highest BCUT2D eigenvalue weighted by molar-refractivity contribution is 6.32. The van der Waals surface area contributed by atoms with Gasteiger partial charge in [0.1, 0.15) is 5.75 Å². The lowest BCUT2D eigenvalue weighted by Gasteiger charge is -2.14. The Bertz CT molecular complexity index is 823. The number of carbonyl (C=O) groups is 3. The van der Waals surface area contributed by atoms with Gasteiger partial charge in [0.05, 0.1) is 5.02 Å². The van der Waals surface area contributed by atoms with E-state index in [4.69, 9.17) is 21.1 Å². The van der Waals surface area contributed by atoms with Crippen LogP contribution in [-0.4, -0.2) is 30.5 Å². The van der Waals surface area contributed by atoms with Crippen LogP contribution in [0.2, 0.25) is 5.02 Å². The lowest BCUT2D eigenvalue weighted by molar-refractivity contribution is -0.155. The molecule has 2 amide bonds. The molecule has 0 spiro atoms. The molecule has 0 aliphatic heterocycles. The maximum atomic E-state index is 12.1. The monoisotopic (exact) mass is 390 g/mol. The van der Waals surface area contributed by atoms with Crippen LogP contribution < -0.4 is 15.4 Å². The van der Waals surface area contributed by atoms with Crippen molar-refractivity contribution in [3.05, 3.63) is 53.6 Å². The number of amides is 2. The summed E-state index contributed by atoms with van der Waals surface area (Å²) in [7, 11) is 0. The number of hydrogen-bond donors (Lipinski definition) is 2. The van der Waals surface area contributed by atoms with Crippen molar-refractivity contribution < 1.29 is 23.9 Å². The summed E-state index contributed by atoms with van der Waals surface area (Å²) in [6, 6.07) is 13.3. The van der Waals surface area contributed by atoms with E-state index < -0.39 is 18.0 Å². The van der Waals surface area contributed by atoms with Gasteiger partial charge in [-0.15, -0.1) is 0 Å². The van der Waals surface area contributed by atoms with Gasteiger partial charge in [0.2, 0.25) is 5.91 Å². The first-order chi connectivity index (χ1) is 12.8. The predicted molar refractivity (Wildman–Crippen MR) is 102 cm³/mol. The molecule has 0 fully saturated rings. The number of carbonyl (C=O) groups excluding carboxylic acids is 3. The van der Waals surface area contributed by atoms with E-state index in [9.17, 15) is 14.4 Å². The van der Waals surface area contributed by atoms with E-state index in [2.05, 4.69) is 10.6 Å². The van der Waals surface area contributed by atoms with Crippen LogP contribution >= 0.6 is 11.6 Å². The maximum absolute atomic E-state index is 12.1. The smallest absolute Gasteiger partial charge is 0.344 e. The zero-order valence-corrected chi connectivity index (χ0v) is 15.6. The molecule has 2 rings (SSSR count). The first-order valence-corrected chi connectivity index (χ1v) is 8.48. The Balaban J connectivity index is 1.81. The van der Waals surface area contributed by atoms with Gasteiger partial charge in [-0.05, 0) is 43.3 Å². The molecule has 27 heavy (non-hydrogen) atoms. The minimum absolute atomic E-state index is 0.189. The molecule has 1 atom stereocenters. The number of rotatable bonds is 7. The van der Waals surface area contributed by atoms with Crippen LogP contribution in [0.4, 0.5) is 11.4 Å². The van der Waals surface area contributed by atoms with Gasteiger partial charge in [0.25, 0.3) is 5.91 Å². The van der Waals surface area contributed by atoms with E-state index in [1.165, 1.54) is 13.8 Å². The molecule has 0 bridgehead atoms. The van der Waals surface area contributed by atoms with Gasteiger partial charge < -0.3 is 20.1 Å². The average Bonchev–Trinajstić information content (AvgIpc) is 2.62. The summed E-state index contributed by atoms with van der Waals surface area (Å²) < 4.78 is 10.3. The summed E-state index contributed by atoms with van der Waals surface area (Å²) in [5.41, 5.74) is 1.11. The van der Waals surface area contributed by atoms with Gasteiger partial charge in [-0.2, -0.15) is 0 Å².